The Bertz CT molecular complexity index is 1740. The lowest BCUT2D eigenvalue weighted by atomic mass is 10.0. The van der Waals surface area contributed by atoms with Gasteiger partial charge in [-0.25, -0.2) is 9.18 Å². The fourth-order valence-electron chi connectivity index (χ4n) is 5.51. The molecule has 12 heteroatoms. The fraction of sp³-hybridized carbons (Fsp3) is 0.357. The number of piperidine rings is 1. The van der Waals surface area contributed by atoms with Gasteiger partial charge in [-0.1, -0.05) is 17.3 Å². The minimum atomic E-state index is -2.92. The van der Waals surface area contributed by atoms with Crippen molar-refractivity contribution in [3.63, 3.8) is 0 Å². The number of likely N-dealkylation sites (tertiary alicyclic amines) is 1. The van der Waals surface area contributed by atoms with E-state index in [2.05, 4.69) is 27.3 Å². The summed E-state index contributed by atoms with van der Waals surface area (Å²) in [6.45, 7) is 5.41. The molecular weight excluding hydrogens is 525 g/mol. The first kappa shape index (κ1) is 26.1. The van der Waals surface area contributed by atoms with Crippen molar-refractivity contribution < 1.29 is 22.1 Å². The maximum absolute atomic E-state index is 15.3. The number of benzene rings is 2. The van der Waals surface area contributed by atoms with Gasteiger partial charge in [-0.3, -0.25) is 9.13 Å². The number of nitrogens with zero attached hydrogens (tertiary/aromatic N) is 6. The highest BCUT2D eigenvalue weighted by Gasteiger charge is 2.26. The standard InChI is InChI=1S/C28H27F3N6O3/c1-15-24(16(2)40-34-15)17-6-7-22-23(13-17)36(28(38)37(22)20-8-10-35(3)11-9-20)14-19-5-4-18(12-21(19)29)26-32-33-27(39-26)25(30)31/h4-7,12-13,20,25H,8-11,14H2,1-3H3. The Kier molecular flexibility index (Phi) is 6.57. The minimum Gasteiger partial charge on any atom is -0.415 e. The molecule has 0 atom stereocenters. The first-order chi connectivity index (χ1) is 19.2. The van der Waals surface area contributed by atoms with Gasteiger partial charge in [0.1, 0.15) is 11.6 Å². The van der Waals surface area contributed by atoms with Crippen molar-refractivity contribution in [3.8, 4) is 22.6 Å². The molecule has 9 nitrogen and oxygen atoms in total. The molecule has 4 heterocycles. The zero-order valence-corrected chi connectivity index (χ0v) is 22.2. The van der Waals surface area contributed by atoms with Crippen LogP contribution in [0.2, 0.25) is 0 Å². The molecule has 0 aliphatic carbocycles. The number of fused-ring (bicyclic) bond motifs is 1. The Labute approximate surface area is 226 Å². The normalized spacial score (nSPS) is 15.1. The lowest BCUT2D eigenvalue weighted by Crippen LogP contribution is -2.36. The van der Waals surface area contributed by atoms with Crippen LogP contribution in [0.4, 0.5) is 13.2 Å². The van der Waals surface area contributed by atoms with Crippen molar-refractivity contribution >= 4 is 11.0 Å². The number of aromatic nitrogens is 5. The molecule has 0 bridgehead atoms. The van der Waals surface area contributed by atoms with Crippen LogP contribution < -0.4 is 5.69 Å². The molecule has 1 aliphatic heterocycles. The molecule has 0 saturated carbocycles. The second kappa shape index (κ2) is 10.1. The molecule has 5 aromatic rings. The number of hydrogen-bond acceptors (Lipinski definition) is 7. The zero-order chi connectivity index (χ0) is 28.1. The molecule has 1 aliphatic rings. The van der Waals surface area contributed by atoms with E-state index in [1.165, 1.54) is 12.1 Å². The van der Waals surface area contributed by atoms with Gasteiger partial charge in [-0.05, 0) is 76.7 Å². The van der Waals surface area contributed by atoms with Crippen LogP contribution in [0, 0.1) is 19.7 Å². The zero-order valence-electron chi connectivity index (χ0n) is 22.2. The second-order valence-corrected chi connectivity index (χ2v) is 10.2. The SMILES string of the molecule is Cc1noc(C)c1-c1ccc2c(c1)n(Cc1ccc(-c3nnc(C(F)F)o3)cc1F)c(=O)n2C1CCN(C)CC1. The minimum absolute atomic E-state index is 0.0196. The number of rotatable bonds is 6. The Morgan fingerprint density at radius 2 is 1.77 bits per heavy atom. The van der Waals surface area contributed by atoms with Gasteiger partial charge < -0.3 is 13.8 Å². The predicted molar refractivity (Wildman–Crippen MR) is 141 cm³/mol. The van der Waals surface area contributed by atoms with E-state index < -0.39 is 18.1 Å². The maximum atomic E-state index is 15.3. The third kappa shape index (κ3) is 4.51. The van der Waals surface area contributed by atoms with Crippen LogP contribution >= 0.6 is 0 Å². The Morgan fingerprint density at radius 3 is 2.42 bits per heavy atom. The topological polar surface area (TPSA) is 95.1 Å². The number of alkyl halides is 2. The summed E-state index contributed by atoms with van der Waals surface area (Å²) in [6, 6.07) is 9.99. The third-order valence-electron chi connectivity index (χ3n) is 7.59. The number of halogens is 3. The summed E-state index contributed by atoms with van der Waals surface area (Å²) in [6.07, 6.45) is -1.27. The quantitative estimate of drug-likeness (QED) is 0.274. The van der Waals surface area contributed by atoms with Crippen molar-refractivity contribution in [1.82, 2.24) is 29.4 Å². The lowest BCUT2D eigenvalue weighted by molar-refractivity contribution is 0.116. The van der Waals surface area contributed by atoms with Crippen LogP contribution in [-0.4, -0.2) is 49.5 Å². The molecule has 0 unspecified atom stereocenters. The van der Waals surface area contributed by atoms with Gasteiger partial charge in [-0.2, -0.15) is 8.78 Å². The number of imidazole rings is 1. The van der Waals surface area contributed by atoms with Gasteiger partial charge in [0.25, 0.3) is 5.89 Å². The molecule has 0 spiro atoms. The third-order valence-corrected chi connectivity index (χ3v) is 7.59. The van der Waals surface area contributed by atoms with Crippen LogP contribution in [0.5, 0.6) is 0 Å². The summed E-state index contributed by atoms with van der Waals surface area (Å²) in [5, 5.41) is 10.9. The predicted octanol–water partition coefficient (Wildman–Crippen LogP) is 5.52. The molecule has 0 amide bonds. The smallest absolute Gasteiger partial charge is 0.329 e. The molecule has 3 aromatic heterocycles. The Morgan fingerprint density at radius 1 is 1.02 bits per heavy atom. The summed E-state index contributed by atoms with van der Waals surface area (Å²) >= 11 is 0. The molecule has 1 fully saturated rings. The first-order valence-corrected chi connectivity index (χ1v) is 13.0. The van der Waals surface area contributed by atoms with Gasteiger partial charge in [0, 0.05) is 22.7 Å². The van der Waals surface area contributed by atoms with Gasteiger partial charge >= 0.3 is 12.1 Å². The Balaban J connectivity index is 1.44. The monoisotopic (exact) mass is 552 g/mol. The molecule has 0 radical (unpaired) electrons. The molecule has 1 saturated heterocycles. The van der Waals surface area contributed by atoms with E-state index in [-0.39, 0.29) is 35.3 Å². The van der Waals surface area contributed by atoms with Crippen LogP contribution in [0.25, 0.3) is 33.6 Å². The van der Waals surface area contributed by atoms with Crippen molar-refractivity contribution in [1.29, 1.82) is 0 Å². The van der Waals surface area contributed by atoms with Crippen LogP contribution in [0.15, 0.2) is 50.1 Å². The van der Waals surface area contributed by atoms with E-state index >= 15 is 4.39 Å². The van der Waals surface area contributed by atoms with Gasteiger partial charge in [-0.15, -0.1) is 10.2 Å². The molecule has 6 rings (SSSR count). The summed E-state index contributed by atoms with van der Waals surface area (Å²) in [5.74, 6) is -0.996. The van der Waals surface area contributed by atoms with Crippen LogP contribution in [-0.2, 0) is 6.54 Å². The van der Waals surface area contributed by atoms with E-state index in [0.717, 1.165) is 54.3 Å². The molecule has 0 N–H and O–H groups in total. The summed E-state index contributed by atoms with van der Waals surface area (Å²) in [5.41, 5.74) is 4.08. The van der Waals surface area contributed by atoms with Crippen LogP contribution in [0.1, 0.15) is 48.2 Å². The summed E-state index contributed by atoms with van der Waals surface area (Å²) < 4.78 is 54.8. The van der Waals surface area contributed by atoms with Crippen molar-refractivity contribution in [3.05, 3.63) is 75.6 Å². The van der Waals surface area contributed by atoms with E-state index in [1.54, 1.807) is 4.57 Å². The molecular formula is C28H27F3N6O3. The van der Waals surface area contributed by atoms with Crippen molar-refractivity contribution in [2.24, 2.45) is 0 Å². The highest BCUT2D eigenvalue weighted by atomic mass is 19.3. The largest absolute Gasteiger partial charge is 0.415 e. The summed E-state index contributed by atoms with van der Waals surface area (Å²) in [7, 11) is 2.06. The van der Waals surface area contributed by atoms with Gasteiger partial charge in [0.15, 0.2) is 0 Å². The molecule has 208 valence electrons. The van der Waals surface area contributed by atoms with Gasteiger partial charge in [0.2, 0.25) is 5.89 Å². The van der Waals surface area contributed by atoms with Gasteiger partial charge in [0.05, 0.1) is 23.3 Å². The number of hydrogen-bond donors (Lipinski definition) is 0. The number of aryl methyl sites for hydroxylation is 2. The van der Waals surface area contributed by atoms with E-state index in [4.69, 9.17) is 8.94 Å². The highest BCUT2D eigenvalue weighted by molar-refractivity contribution is 5.84. The van der Waals surface area contributed by atoms with E-state index in [1.807, 2.05) is 36.6 Å². The average molecular weight is 553 g/mol. The fourth-order valence-corrected chi connectivity index (χ4v) is 5.51. The van der Waals surface area contributed by atoms with E-state index in [9.17, 15) is 13.6 Å². The Hall–Kier alpha value is -4.19. The molecule has 2 aromatic carbocycles. The van der Waals surface area contributed by atoms with E-state index in [0.29, 0.717) is 11.3 Å². The molecule has 40 heavy (non-hydrogen) atoms. The second-order valence-electron chi connectivity index (χ2n) is 10.2. The van der Waals surface area contributed by atoms with Crippen LogP contribution in [0.3, 0.4) is 0 Å². The summed E-state index contributed by atoms with van der Waals surface area (Å²) in [4.78, 5) is 16.2. The first-order valence-electron chi connectivity index (χ1n) is 13.0. The lowest BCUT2D eigenvalue weighted by Gasteiger charge is -2.29. The maximum Gasteiger partial charge on any atom is 0.329 e. The average Bonchev–Trinajstić information content (AvgIpc) is 3.62. The van der Waals surface area contributed by atoms with Crippen molar-refractivity contribution in [2.75, 3.05) is 20.1 Å². The highest BCUT2D eigenvalue weighted by Crippen LogP contribution is 2.32. The van der Waals surface area contributed by atoms with Crippen molar-refractivity contribution in [2.45, 2.75) is 45.7 Å².